The first-order chi connectivity index (χ1) is 12.1. The van der Waals surface area contributed by atoms with Crippen LogP contribution in [0.3, 0.4) is 0 Å². The second kappa shape index (κ2) is 9.54. The Morgan fingerprint density at radius 2 is 1.80 bits per heavy atom. The number of anilines is 1. The number of carbonyl (C=O) groups is 1. The van der Waals surface area contributed by atoms with E-state index in [1.807, 2.05) is 42.3 Å². The van der Waals surface area contributed by atoms with Crippen LogP contribution in [0.25, 0.3) is 0 Å². The molecule has 0 aliphatic rings. The minimum Gasteiger partial charge on any atom is -0.497 e. The lowest BCUT2D eigenvalue weighted by Crippen LogP contribution is -2.33. The van der Waals surface area contributed by atoms with Gasteiger partial charge in [-0.05, 0) is 31.3 Å². The van der Waals surface area contributed by atoms with E-state index >= 15 is 0 Å². The minimum atomic E-state index is -0.120. The number of nitrogens with one attached hydrogen (secondary N) is 1. The largest absolute Gasteiger partial charge is 0.497 e. The van der Waals surface area contributed by atoms with Crippen LogP contribution in [0, 0.1) is 0 Å². The lowest BCUT2D eigenvalue weighted by molar-refractivity contribution is -0.117. The Kier molecular flexibility index (Phi) is 7.10. The highest BCUT2D eigenvalue weighted by molar-refractivity contribution is 5.93. The van der Waals surface area contributed by atoms with Crippen LogP contribution in [0.4, 0.5) is 5.69 Å². The van der Waals surface area contributed by atoms with E-state index in [-0.39, 0.29) is 12.5 Å². The van der Waals surface area contributed by atoms with E-state index in [2.05, 4.69) is 5.32 Å². The second-order valence-electron chi connectivity index (χ2n) is 5.51. The van der Waals surface area contributed by atoms with E-state index < -0.39 is 0 Å². The Morgan fingerprint density at radius 1 is 1.04 bits per heavy atom. The molecule has 0 heterocycles. The van der Waals surface area contributed by atoms with Crippen molar-refractivity contribution in [3.63, 3.8) is 0 Å². The molecular weight excluding hydrogens is 320 g/mol. The molecule has 0 bridgehead atoms. The predicted molar refractivity (Wildman–Crippen MR) is 97.6 cm³/mol. The van der Waals surface area contributed by atoms with Gasteiger partial charge in [-0.25, -0.2) is 0 Å². The van der Waals surface area contributed by atoms with Gasteiger partial charge in [0.2, 0.25) is 5.91 Å². The molecule has 1 amide bonds. The zero-order valence-electron chi connectivity index (χ0n) is 14.8. The number of carbonyl (C=O) groups excluding carboxylic acids is 1. The normalized spacial score (nSPS) is 10.4. The SMILES string of the molecule is COc1ccc(NC(=O)CN(C)CCOc2ccccc2)c(OC)c1. The van der Waals surface area contributed by atoms with Crippen LogP contribution in [0.15, 0.2) is 48.5 Å². The number of likely N-dealkylation sites (N-methyl/N-ethyl adjacent to an activating group) is 1. The number of amides is 1. The molecule has 2 aromatic rings. The maximum Gasteiger partial charge on any atom is 0.238 e. The van der Waals surface area contributed by atoms with Crippen LogP contribution >= 0.6 is 0 Å². The molecule has 6 heteroatoms. The van der Waals surface area contributed by atoms with Crippen LogP contribution in [0.1, 0.15) is 0 Å². The molecule has 0 spiro atoms. The Balaban J connectivity index is 1.79. The highest BCUT2D eigenvalue weighted by Crippen LogP contribution is 2.28. The maximum absolute atomic E-state index is 12.2. The fourth-order valence-corrected chi connectivity index (χ4v) is 2.25. The number of hydrogen-bond donors (Lipinski definition) is 1. The van der Waals surface area contributed by atoms with Gasteiger partial charge in [0.1, 0.15) is 23.9 Å². The number of benzene rings is 2. The molecule has 0 aliphatic carbocycles. The zero-order valence-corrected chi connectivity index (χ0v) is 14.8. The molecular formula is C19H24N2O4. The third-order valence-electron chi connectivity index (χ3n) is 3.58. The summed E-state index contributed by atoms with van der Waals surface area (Å²) < 4.78 is 16.1. The van der Waals surface area contributed by atoms with Gasteiger partial charge in [0.15, 0.2) is 0 Å². The lowest BCUT2D eigenvalue weighted by Gasteiger charge is -2.17. The minimum absolute atomic E-state index is 0.120. The summed E-state index contributed by atoms with van der Waals surface area (Å²) in [4.78, 5) is 14.1. The molecule has 25 heavy (non-hydrogen) atoms. The van der Waals surface area contributed by atoms with Crippen molar-refractivity contribution in [2.75, 3.05) is 46.3 Å². The smallest absolute Gasteiger partial charge is 0.238 e. The number of hydrogen-bond acceptors (Lipinski definition) is 5. The van der Waals surface area contributed by atoms with Gasteiger partial charge in [-0.2, -0.15) is 0 Å². The predicted octanol–water partition coefficient (Wildman–Crippen LogP) is 2.65. The van der Waals surface area contributed by atoms with Gasteiger partial charge in [-0.1, -0.05) is 18.2 Å². The van der Waals surface area contributed by atoms with Gasteiger partial charge in [0, 0.05) is 12.6 Å². The molecule has 0 saturated heterocycles. The molecule has 0 aromatic heterocycles. The van der Waals surface area contributed by atoms with Crippen molar-refractivity contribution in [1.82, 2.24) is 4.90 Å². The van der Waals surface area contributed by atoms with Gasteiger partial charge in [0.25, 0.3) is 0 Å². The van der Waals surface area contributed by atoms with Crippen molar-refractivity contribution < 1.29 is 19.0 Å². The van der Waals surface area contributed by atoms with E-state index in [1.54, 1.807) is 32.4 Å². The Labute approximate surface area is 148 Å². The Morgan fingerprint density at radius 3 is 2.48 bits per heavy atom. The maximum atomic E-state index is 12.2. The molecule has 6 nitrogen and oxygen atoms in total. The number of nitrogens with zero attached hydrogens (tertiary/aromatic N) is 1. The summed E-state index contributed by atoms with van der Waals surface area (Å²) in [5.74, 6) is 1.93. The van der Waals surface area contributed by atoms with Gasteiger partial charge in [0.05, 0.1) is 26.5 Å². The van der Waals surface area contributed by atoms with Gasteiger partial charge in [-0.3, -0.25) is 9.69 Å². The number of methoxy groups -OCH3 is 2. The molecule has 0 radical (unpaired) electrons. The van der Waals surface area contributed by atoms with Crippen LogP contribution in [-0.4, -0.2) is 51.8 Å². The van der Waals surface area contributed by atoms with Crippen LogP contribution < -0.4 is 19.5 Å². The molecule has 0 aliphatic heterocycles. The van der Waals surface area contributed by atoms with Gasteiger partial charge >= 0.3 is 0 Å². The molecule has 0 atom stereocenters. The molecule has 134 valence electrons. The molecule has 2 rings (SSSR count). The fourth-order valence-electron chi connectivity index (χ4n) is 2.25. The number of para-hydroxylation sites is 1. The van der Waals surface area contributed by atoms with Crippen molar-refractivity contribution in [2.45, 2.75) is 0 Å². The molecule has 0 fully saturated rings. The summed E-state index contributed by atoms with van der Waals surface area (Å²) in [6, 6.07) is 14.9. The standard InChI is InChI=1S/C19H24N2O4/c1-21(11-12-25-15-7-5-4-6-8-15)14-19(22)20-17-10-9-16(23-2)13-18(17)24-3/h4-10,13H,11-12,14H2,1-3H3,(H,20,22). The van der Waals surface area contributed by atoms with E-state index in [1.165, 1.54) is 0 Å². The van der Waals surface area contributed by atoms with Crippen LogP contribution in [0.2, 0.25) is 0 Å². The van der Waals surface area contributed by atoms with E-state index in [0.29, 0.717) is 30.3 Å². The summed E-state index contributed by atoms with van der Waals surface area (Å²) in [5.41, 5.74) is 0.613. The quantitative estimate of drug-likeness (QED) is 0.758. The van der Waals surface area contributed by atoms with Gasteiger partial charge < -0.3 is 19.5 Å². The van der Waals surface area contributed by atoms with Crippen LogP contribution in [-0.2, 0) is 4.79 Å². The van der Waals surface area contributed by atoms with Gasteiger partial charge in [-0.15, -0.1) is 0 Å². The van der Waals surface area contributed by atoms with E-state index in [4.69, 9.17) is 14.2 Å². The third kappa shape index (κ3) is 6.00. The third-order valence-corrected chi connectivity index (χ3v) is 3.58. The molecule has 1 N–H and O–H groups in total. The first-order valence-corrected chi connectivity index (χ1v) is 8.00. The average molecular weight is 344 g/mol. The van der Waals surface area contributed by atoms with E-state index in [9.17, 15) is 4.79 Å². The summed E-state index contributed by atoms with van der Waals surface area (Å²) >= 11 is 0. The summed E-state index contributed by atoms with van der Waals surface area (Å²) in [6.07, 6.45) is 0. The Bertz CT molecular complexity index is 676. The lowest BCUT2D eigenvalue weighted by atomic mass is 10.2. The highest BCUT2D eigenvalue weighted by atomic mass is 16.5. The van der Waals surface area contributed by atoms with Crippen molar-refractivity contribution in [2.24, 2.45) is 0 Å². The second-order valence-corrected chi connectivity index (χ2v) is 5.51. The summed E-state index contributed by atoms with van der Waals surface area (Å²) in [5, 5.41) is 2.85. The topological polar surface area (TPSA) is 60.0 Å². The number of rotatable bonds is 9. The Hall–Kier alpha value is -2.73. The van der Waals surface area contributed by atoms with Crippen LogP contribution in [0.5, 0.6) is 17.2 Å². The van der Waals surface area contributed by atoms with Crippen molar-refractivity contribution in [1.29, 1.82) is 0 Å². The molecule has 2 aromatic carbocycles. The number of ether oxygens (including phenoxy) is 3. The molecule has 0 saturated carbocycles. The fraction of sp³-hybridized carbons (Fsp3) is 0.316. The van der Waals surface area contributed by atoms with Crippen molar-refractivity contribution in [3.8, 4) is 17.2 Å². The average Bonchev–Trinajstić information content (AvgIpc) is 2.62. The van der Waals surface area contributed by atoms with Crippen molar-refractivity contribution in [3.05, 3.63) is 48.5 Å². The summed E-state index contributed by atoms with van der Waals surface area (Å²) in [7, 11) is 5.01. The zero-order chi connectivity index (χ0) is 18.1. The summed E-state index contributed by atoms with van der Waals surface area (Å²) in [6.45, 7) is 1.41. The van der Waals surface area contributed by atoms with E-state index in [0.717, 1.165) is 5.75 Å². The molecule has 0 unspecified atom stereocenters. The first kappa shape index (κ1) is 18.6. The van der Waals surface area contributed by atoms with Crippen molar-refractivity contribution >= 4 is 11.6 Å². The highest BCUT2D eigenvalue weighted by Gasteiger charge is 2.11. The first-order valence-electron chi connectivity index (χ1n) is 8.00. The monoisotopic (exact) mass is 344 g/mol.